The first-order valence-corrected chi connectivity index (χ1v) is 7.79. The Morgan fingerprint density at radius 2 is 2.09 bits per heavy atom. The normalized spacial score (nSPS) is 10.5. The molecule has 0 N–H and O–H groups in total. The van der Waals surface area contributed by atoms with Crippen LogP contribution in [0.1, 0.15) is 17.3 Å². The molecule has 0 spiro atoms. The highest BCUT2D eigenvalue weighted by Crippen LogP contribution is 2.35. The van der Waals surface area contributed by atoms with Gasteiger partial charge in [0, 0.05) is 10.9 Å². The second-order valence-corrected chi connectivity index (χ2v) is 5.39. The summed E-state index contributed by atoms with van der Waals surface area (Å²) in [6, 6.07) is 7.48. The van der Waals surface area contributed by atoms with Gasteiger partial charge in [-0.3, -0.25) is 0 Å². The average molecular weight is 330 g/mol. The molecule has 8 heteroatoms. The Balaban J connectivity index is 2.10. The first-order valence-electron chi connectivity index (χ1n) is 6.91. The second-order valence-electron chi connectivity index (χ2n) is 4.53. The van der Waals surface area contributed by atoms with E-state index in [9.17, 15) is 4.79 Å². The number of esters is 1. The molecule has 2 heterocycles. The smallest absolute Gasteiger partial charge is 0.341 e. The third-order valence-corrected chi connectivity index (χ3v) is 4.18. The topological polar surface area (TPSA) is 79.1 Å². The van der Waals surface area contributed by atoms with Crippen molar-refractivity contribution in [3.05, 3.63) is 41.5 Å². The monoisotopic (exact) mass is 330 g/mol. The van der Waals surface area contributed by atoms with Crippen LogP contribution in [0.25, 0.3) is 16.1 Å². The molecule has 0 radical (unpaired) electrons. The number of hydrogen-bond acceptors (Lipinski definition) is 7. The van der Waals surface area contributed by atoms with Gasteiger partial charge in [0.05, 0.1) is 13.7 Å². The maximum absolute atomic E-state index is 12.4. The summed E-state index contributed by atoms with van der Waals surface area (Å²) in [5, 5.41) is 13.6. The number of carbonyl (C=O) groups excluding carboxylic acids is 1. The SMILES string of the molecule is CCOC(=O)c1c(-c2ccc(OC)cc2)csc1-n1cnnn1. The third-order valence-electron chi connectivity index (χ3n) is 3.21. The zero-order valence-corrected chi connectivity index (χ0v) is 13.4. The van der Waals surface area contributed by atoms with Crippen LogP contribution in [0.2, 0.25) is 0 Å². The van der Waals surface area contributed by atoms with Crippen LogP contribution in [0.15, 0.2) is 36.0 Å². The molecule has 3 aromatic rings. The maximum Gasteiger partial charge on any atom is 0.341 e. The predicted molar refractivity (Wildman–Crippen MR) is 85.0 cm³/mol. The number of carbonyl (C=O) groups is 1. The minimum absolute atomic E-state index is 0.297. The largest absolute Gasteiger partial charge is 0.497 e. The number of thiophene rings is 1. The van der Waals surface area contributed by atoms with E-state index in [1.54, 1.807) is 14.0 Å². The van der Waals surface area contributed by atoms with Gasteiger partial charge in [-0.1, -0.05) is 12.1 Å². The fourth-order valence-corrected chi connectivity index (χ4v) is 3.14. The average Bonchev–Trinajstić information content (AvgIpc) is 3.24. The molecule has 0 aliphatic rings. The zero-order chi connectivity index (χ0) is 16.2. The van der Waals surface area contributed by atoms with Crippen LogP contribution in [0.3, 0.4) is 0 Å². The van der Waals surface area contributed by atoms with E-state index in [1.807, 2.05) is 29.6 Å². The Morgan fingerprint density at radius 1 is 1.30 bits per heavy atom. The molecule has 0 atom stereocenters. The molecule has 2 aromatic heterocycles. The summed E-state index contributed by atoms with van der Waals surface area (Å²) in [6.07, 6.45) is 1.45. The minimum Gasteiger partial charge on any atom is -0.497 e. The van der Waals surface area contributed by atoms with Crippen molar-refractivity contribution < 1.29 is 14.3 Å². The molecule has 1 aromatic carbocycles. The summed E-state index contributed by atoms with van der Waals surface area (Å²) in [4.78, 5) is 12.4. The molecule has 118 valence electrons. The highest BCUT2D eigenvalue weighted by atomic mass is 32.1. The van der Waals surface area contributed by atoms with Gasteiger partial charge >= 0.3 is 5.97 Å². The van der Waals surface area contributed by atoms with Gasteiger partial charge in [0.2, 0.25) is 0 Å². The zero-order valence-electron chi connectivity index (χ0n) is 12.6. The Morgan fingerprint density at radius 3 is 2.70 bits per heavy atom. The summed E-state index contributed by atoms with van der Waals surface area (Å²) in [7, 11) is 1.61. The van der Waals surface area contributed by atoms with Gasteiger partial charge in [0.1, 0.15) is 22.6 Å². The van der Waals surface area contributed by atoms with Crippen molar-refractivity contribution in [2.45, 2.75) is 6.92 Å². The van der Waals surface area contributed by atoms with Crippen molar-refractivity contribution in [3.63, 3.8) is 0 Å². The molecular formula is C15H14N4O3S. The number of aromatic nitrogens is 4. The summed E-state index contributed by atoms with van der Waals surface area (Å²) in [5.74, 6) is 0.354. The van der Waals surface area contributed by atoms with Crippen molar-refractivity contribution in [2.24, 2.45) is 0 Å². The van der Waals surface area contributed by atoms with E-state index in [0.717, 1.165) is 16.9 Å². The lowest BCUT2D eigenvalue weighted by molar-refractivity contribution is 0.0528. The highest BCUT2D eigenvalue weighted by Gasteiger charge is 2.23. The van der Waals surface area contributed by atoms with Gasteiger partial charge in [0.15, 0.2) is 0 Å². The highest BCUT2D eigenvalue weighted by molar-refractivity contribution is 7.13. The molecule has 0 unspecified atom stereocenters. The predicted octanol–water partition coefficient (Wildman–Crippen LogP) is 2.58. The van der Waals surface area contributed by atoms with E-state index < -0.39 is 5.97 Å². The molecular weight excluding hydrogens is 316 g/mol. The number of benzene rings is 1. The van der Waals surface area contributed by atoms with Gasteiger partial charge in [0.25, 0.3) is 0 Å². The number of methoxy groups -OCH3 is 1. The lowest BCUT2D eigenvalue weighted by Crippen LogP contribution is -2.09. The molecule has 0 fully saturated rings. The van der Waals surface area contributed by atoms with Crippen LogP contribution in [0.5, 0.6) is 5.75 Å². The molecule has 0 aliphatic heterocycles. The van der Waals surface area contributed by atoms with Crippen LogP contribution < -0.4 is 4.74 Å². The molecule has 0 bridgehead atoms. The Labute approximate surface area is 136 Å². The number of tetrazole rings is 1. The fraction of sp³-hybridized carbons (Fsp3) is 0.200. The molecule has 7 nitrogen and oxygen atoms in total. The second kappa shape index (κ2) is 6.57. The summed E-state index contributed by atoms with van der Waals surface area (Å²) in [5.41, 5.74) is 2.13. The van der Waals surface area contributed by atoms with Crippen molar-refractivity contribution >= 4 is 17.3 Å². The number of ether oxygens (including phenoxy) is 2. The van der Waals surface area contributed by atoms with E-state index in [0.29, 0.717) is 17.2 Å². The third kappa shape index (κ3) is 2.93. The molecule has 0 saturated heterocycles. The van der Waals surface area contributed by atoms with Crippen LogP contribution in [-0.4, -0.2) is 39.9 Å². The summed E-state index contributed by atoms with van der Waals surface area (Å²) in [6.45, 7) is 2.07. The van der Waals surface area contributed by atoms with Gasteiger partial charge in [-0.25, -0.2) is 4.79 Å². The van der Waals surface area contributed by atoms with Gasteiger partial charge in [-0.15, -0.1) is 16.4 Å². The Kier molecular flexibility index (Phi) is 4.33. The molecule has 23 heavy (non-hydrogen) atoms. The lowest BCUT2D eigenvalue weighted by atomic mass is 10.0. The van der Waals surface area contributed by atoms with E-state index in [2.05, 4.69) is 15.5 Å². The molecule has 3 rings (SSSR count). The summed E-state index contributed by atoms with van der Waals surface area (Å²) >= 11 is 1.38. The first-order chi connectivity index (χ1) is 11.2. The van der Waals surface area contributed by atoms with Crippen molar-refractivity contribution in [3.8, 4) is 21.9 Å². The van der Waals surface area contributed by atoms with E-state index in [4.69, 9.17) is 9.47 Å². The first kappa shape index (κ1) is 15.2. The number of nitrogens with zero attached hydrogens (tertiary/aromatic N) is 4. The molecule has 0 aliphatic carbocycles. The minimum atomic E-state index is -0.398. The van der Waals surface area contributed by atoms with Gasteiger partial charge < -0.3 is 9.47 Å². The molecule has 0 saturated carbocycles. The Bertz CT molecular complexity index is 797. The van der Waals surface area contributed by atoms with E-state index in [1.165, 1.54) is 22.3 Å². The Hall–Kier alpha value is -2.74. The summed E-state index contributed by atoms with van der Waals surface area (Å²) < 4.78 is 11.8. The van der Waals surface area contributed by atoms with E-state index >= 15 is 0 Å². The maximum atomic E-state index is 12.4. The van der Waals surface area contributed by atoms with Crippen molar-refractivity contribution in [1.82, 2.24) is 20.2 Å². The van der Waals surface area contributed by atoms with Gasteiger partial charge in [-0.05, 0) is 35.0 Å². The fourth-order valence-electron chi connectivity index (χ4n) is 2.15. The van der Waals surface area contributed by atoms with Crippen LogP contribution in [-0.2, 0) is 4.74 Å². The van der Waals surface area contributed by atoms with Crippen molar-refractivity contribution in [2.75, 3.05) is 13.7 Å². The van der Waals surface area contributed by atoms with Crippen molar-refractivity contribution in [1.29, 1.82) is 0 Å². The standard InChI is InChI=1S/C15H14N4O3S/c1-3-22-15(20)13-12(10-4-6-11(21-2)7-5-10)8-23-14(13)19-9-16-17-18-19/h4-9H,3H2,1-2H3. The van der Waals surface area contributed by atoms with Gasteiger partial charge in [-0.2, -0.15) is 4.68 Å². The van der Waals surface area contributed by atoms with Crippen LogP contribution >= 0.6 is 11.3 Å². The van der Waals surface area contributed by atoms with E-state index in [-0.39, 0.29) is 0 Å². The number of hydrogen-bond donors (Lipinski definition) is 0. The quantitative estimate of drug-likeness (QED) is 0.669. The van der Waals surface area contributed by atoms with Crippen LogP contribution in [0.4, 0.5) is 0 Å². The molecule has 0 amide bonds. The lowest BCUT2D eigenvalue weighted by Gasteiger charge is -2.07. The number of rotatable bonds is 5. The van der Waals surface area contributed by atoms with Crippen LogP contribution in [0, 0.1) is 0 Å².